The van der Waals surface area contributed by atoms with Crippen molar-refractivity contribution in [2.75, 3.05) is 11.9 Å². The summed E-state index contributed by atoms with van der Waals surface area (Å²) in [6, 6.07) is 6.97. The quantitative estimate of drug-likeness (QED) is 0.480. The van der Waals surface area contributed by atoms with Crippen LogP contribution in [0.25, 0.3) is 11.4 Å². The van der Waals surface area contributed by atoms with E-state index >= 15 is 0 Å². The first-order chi connectivity index (χ1) is 16.2. The van der Waals surface area contributed by atoms with E-state index in [9.17, 15) is 18.4 Å². The molecular formula is C22H24F2N6O3S. The van der Waals surface area contributed by atoms with Crippen LogP contribution in [-0.2, 0) is 27.8 Å². The molecule has 1 fully saturated rings. The van der Waals surface area contributed by atoms with Crippen LogP contribution in [0.5, 0.6) is 0 Å². The minimum atomic E-state index is -2.79. The maximum Gasteiger partial charge on any atom is 0.311 e. The number of aryl methyl sites for hydroxylation is 1. The number of alkyl halides is 2. The number of nitrogens with one attached hydrogen (secondary N) is 1. The second kappa shape index (κ2) is 9.92. The highest BCUT2D eigenvalue weighted by Crippen LogP contribution is 2.46. The summed E-state index contributed by atoms with van der Waals surface area (Å²) in [5, 5.41) is 16.6. The third kappa shape index (κ3) is 5.61. The Hall–Kier alpha value is -3.28. The van der Waals surface area contributed by atoms with Crippen LogP contribution < -0.4 is 5.32 Å². The standard InChI is InChI=1S/C22H24F2N6O3S/c1-3-33-17(31)10-16-12-34-21(25-16)26-20(32)18(15-8-9-22(23,24)11-15)13-4-6-14(7-5-13)19-27-29-30(2)28-19/h4-7,12,15,18H,3,8-11H2,1-2H3,(H,25,26,32). The van der Waals surface area contributed by atoms with Gasteiger partial charge in [0.1, 0.15) is 0 Å². The monoisotopic (exact) mass is 490 g/mol. The smallest absolute Gasteiger partial charge is 0.311 e. The van der Waals surface area contributed by atoms with E-state index in [2.05, 4.69) is 25.7 Å². The summed E-state index contributed by atoms with van der Waals surface area (Å²) in [5.41, 5.74) is 1.80. The molecule has 0 spiro atoms. The Morgan fingerprint density at radius 3 is 2.71 bits per heavy atom. The molecule has 2 unspecified atom stereocenters. The summed E-state index contributed by atoms with van der Waals surface area (Å²) in [7, 11) is 1.66. The van der Waals surface area contributed by atoms with Crippen LogP contribution in [0.1, 0.15) is 43.4 Å². The van der Waals surface area contributed by atoms with E-state index in [4.69, 9.17) is 4.74 Å². The molecule has 2 heterocycles. The van der Waals surface area contributed by atoms with Crippen LogP contribution >= 0.6 is 11.3 Å². The molecule has 4 rings (SSSR count). The van der Waals surface area contributed by atoms with Gasteiger partial charge in [0.25, 0.3) is 0 Å². The molecule has 0 radical (unpaired) electrons. The van der Waals surface area contributed by atoms with Gasteiger partial charge < -0.3 is 10.1 Å². The van der Waals surface area contributed by atoms with Crippen LogP contribution in [0.15, 0.2) is 29.6 Å². The number of hydrogen-bond donors (Lipinski definition) is 1. The highest BCUT2D eigenvalue weighted by atomic mass is 32.1. The van der Waals surface area contributed by atoms with Crippen molar-refractivity contribution in [2.45, 2.75) is 44.4 Å². The number of amides is 1. The second-order valence-electron chi connectivity index (χ2n) is 8.18. The van der Waals surface area contributed by atoms with Crippen LogP contribution in [0.3, 0.4) is 0 Å². The van der Waals surface area contributed by atoms with Crippen LogP contribution in [0, 0.1) is 5.92 Å². The number of carbonyl (C=O) groups excluding carboxylic acids is 2. The molecule has 34 heavy (non-hydrogen) atoms. The van der Waals surface area contributed by atoms with Gasteiger partial charge in [-0.25, -0.2) is 13.8 Å². The summed E-state index contributed by atoms with van der Waals surface area (Å²) in [4.78, 5) is 30.6. The zero-order valence-corrected chi connectivity index (χ0v) is 19.5. The molecule has 0 aliphatic heterocycles. The first-order valence-corrected chi connectivity index (χ1v) is 11.7. The second-order valence-corrected chi connectivity index (χ2v) is 9.03. The Bertz CT molecular complexity index is 1160. The van der Waals surface area contributed by atoms with Gasteiger partial charge in [0.15, 0.2) is 5.13 Å². The summed E-state index contributed by atoms with van der Waals surface area (Å²) >= 11 is 1.17. The molecule has 1 aromatic carbocycles. The Balaban J connectivity index is 1.54. The third-order valence-corrected chi connectivity index (χ3v) is 6.45. The number of carbonyl (C=O) groups is 2. The minimum Gasteiger partial charge on any atom is -0.466 e. The largest absolute Gasteiger partial charge is 0.466 e. The van der Waals surface area contributed by atoms with E-state index in [0.717, 1.165) is 0 Å². The molecule has 180 valence electrons. The fraction of sp³-hybridized carbons (Fsp3) is 0.455. The lowest BCUT2D eigenvalue weighted by Crippen LogP contribution is -2.27. The molecule has 1 N–H and O–H groups in total. The number of ether oxygens (including phenoxy) is 1. The third-order valence-electron chi connectivity index (χ3n) is 5.64. The first kappa shape index (κ1) is 23.9. The first-order valence-electron chi connectivity index (χ1n) is 10.9. The zero-order chi connectivity index (χ0) is 24.3. The molecule has 1 aliphatic rings. The lowest BCUT2D eigenvalue weighted by atomic mass is 9.83. The van der Waals surface area contributed by atoms with Gasteiger partial charge in [-0.2, -0.15) is 4.80 Å². The van der Waals surface area contributed by atoms with Crippen molar-refractivity contribution in [2.24, 2.45) is 13.0 Å². The zero-order valence-electron chi connectivity index (χ0n) is 18.7. The molecular weight excluding hydrogens is 466 g/mol. The number of nitrogens with zero attached hydrogens (tertiary/aromatic N) is 5. The molecule has 1 aliphatic carbocycles. The lowest BCUT2D eigenvalue weighted by molar-refractivity contribution is -0.142. The SMILES string of the molecule is CCOC(=O)Cc1csc(NC(=O)C(c2ccc(-c3nnn(C)n3)cc2)C2CCC(F)(F)C2)n1. The van der Waals surface area contributed by atoms with Crippen molar-refractivity contribution >= 4 is 28.3 Å². The number of hydrogen-bond acceptors (Lipinski definition) is 8. The van der Waals surface area contributed by atoms with Crippen molar-refractivity contribution in [1.29, 1.82) is 0 Å². The van der Waals surface area contributed by atoms with Gasteiger partial charge in [-0.3, -0.25) is 9.59 Å². The van der Waals surface area contributed by atoms with Gasteiger partial charge in [-0.05, 0) is 30.0 Å². The van der Waals surface area contributed by atoms with Gasteiger partial charge in [-0.1, -0.05) is 24.3 Å². The van der Waals surface area contributed by atoms with Gasteiger partial charge >= 0.3 is 5.97 Å². The van der Waals surface area contributed by atoms with Crippen molar-refractivity contribution < 1.29 is 23.1 Å². The van der Waals surface area contributed by atoms with E-state index in [1.807, 2.05) is 0 Å². The van der Waals surface area contributed by atoms with Gasteiger partial charge in [0, 0.05) is 23.8 Å². The number of tetrazole rings is 1. The molecule has 2 aromatic heterocycles. The molecule has 3 aromatic rings. The number of esters is 1. The van der Waals surface area contributed by atoms with Gasteiger partial charge in [0.05, 0.1) is 31.7 Å². The Morgan fingerprint density at radius 1 is 1.32 bits per heavy atom. The summed E-state index contributed by atoms with van der Waals surface area (Å²) in [5.74, 6) is -4.48. The maximum absolute atomic E-state index is 14.0. The predicted octanol–water partition coefficient (Wildman–Crippen LogP) is 3.60. The highest BCUT2D eigenvalue weighted by molar-refractivity contribution is 7.13. The van der Waals surface area contributed by atoms with Crippen LogP contribution in [0.2, 0.25) is 0 Å². The fourth-order valence-electron chi connectivity index (χ4n) is 4.13. The Kier molecular flexibility index (Phi) is 6.96. The van der Waals surface area contributed by atoms with Crippen LogP contribution in [-0.4, -0.2) is 49.6 Å². The number of benzene rings is 1. The highest BCUT2D eigenvalue weighted by Gasteiger charge is 2.45. The summed E-state index contributed by atoms with van der Waals surface area (Å²) < 4.78 is 33.0. The van der Waals surface area contributed by atoms with Gasteiger partial charge in [0.2, 0.25) is 17.7 Å². The minimum absolute atomic E-state index is 0.00361. The number of anilines is 1. The Labute approximate surface area is 198 Å². The van der Waals surface area contributed by atoms with Crippen molar-refractivity contribution in [3.8, 4) is 11.4 Å². The number of aromatic nitrogens is 5. The Morgan fingerprint density at radius 2 is 2.09 bits per heavy atom. The van der Waals surface area contributed by atoms with E-state index in [1.54, 1.807) is 43.6 Å². The maximum atomic E-state index is 14.0. The topological polar surface area (TPSA) is 112 Å². The number of thiazole rings is 1. The number of rotatable bonds is 8. The molecule has 1 saturated carbocycles. The number of halogens is 2. The lowest BCUT2D eigenvalue weighted by Gasteiger charge is -2.23. The van der Waals surface area contributed by atoms with E-state index in [-0.39, 0.29) is 32.3 Å². The molecule has 2 atom stereocenters. The average molecular weight is 491 g/mol. The van der Waals surface area contributed by atoms with E-state index < -0.39 is 29.6 Å². The summed E-state index contributed by atoms with van der Waals surface area (Å²) in [6.07, 6.45) is -0.366. The van der Waals surface area contributed by atoms with Crippen molar-refractivity contribution in [1.82, 2.24) is 25.2 Å². The molecule has 0 bridgehead atoms. The fourth-order valence-corrected chi connectivity index (χ4v) is 4.85. The molecule has 9 nitrogen and oxygen atoms in total. The van der Waals surface area contributed by atoms with E-state index in [0.29, 0.717) is 27.8 Å². The normalized spacial score (nSPS) is 17.9. The van der Waals surface area contributed by atoms with Crippen LogP contribution in [0.4, 0.5) is 13.9 Å². The van der Waals surface area contributed by atoms with E-state index in [1.165, 1.54) is 16.1 Å². The molecule has 12 heteroatoms. The van der Waals surface area contributed by atoms with Gasteiger partial charge in [-0.15, -0.1) is 21.5 Å². The predicted molar refractivity (Wildman–Crippen MR) is 120 cm³/mol. The molecule has 1 amide bonds. The van der Waals surface area contributed by atoms with Crippen molar-refractivity contribution in [3.05, 3.63) is 40.9 Å². The van der Waals surface area contributed by atoms with Crippen molar-refractivity contribution in [3.63, 3.8) is 0 Å². The summed E-state index contributed by atoms with van der Waals surface area (Å²) in [6.45, 7) is 1.99. The average Bonchev–Trinajstić information content (AvgIpc) is 3.49. The molecule has 0 saturated heterocycles.